The molecule has 1 fully saturated rings. The molecule has 3 atom stereocenters. The Hall–Kier alpha value is -2.43. The van der Waals surface area contributed by atoms with E-state index in [1.54, 1.807) is 6.92 Å². The van der Waals surface area contributed by atoms with Gasteiger partial charge in [0.2, 0.25) is 17.7 Å². The number of imide groups is 1. The molecule has 126 valence electrons. The Morgan fingerprint density at radius 2 is 1.71 bits per heavy atom. The first-order valence-corrected chi connectivity index (χ1v) is 8.30. The van der Waals surface area contributed by atoms with Crippen molar-refractivity contribution in [2.24, 2.45) is 11.8 Å². The van der Waals surface area contributed by atoms with E-state index in [-0.39, 0.29) is 29.6 Å². The molecule has 0 bridgehead atoms. The van der Waals surface area contributed by atoms with Crippen molar-refractivity contribution in [3.05, 3.63) is 41.5 Å². The number of carbonyl (C=O) groups excluding carboxylic acids is 3. The van der Waals surface area contributed by atoms with Gasteiger partial charge >= 0.3 is 0 Å². The lowest BCUT2D eigenvalue weighted by Crippen LogP contribution is -2.46. The quantitative estimate of drug-likeness (QED) is 0.686. The summed E-state index contributed by atoms with van der Waals surface area (Å²) in [5.74, 6) is -1.40. The van der Waals surface area contributed by atoms with Gasteiger partial charge in [0.1, 0.15) is 6.04 Å². The van der Waals surface area contributed by atoms with Gasteiger partial charge in [0, 0.05) is 5.69 Å². The highest BCUT2D eigenvalue weighted by atomic mass is 16.2. The van der Waals surface area contributed by atoms with Crippen LogP contribution in [0.4, 0.5) is 5.69 Å². The first kappa shape index (κ1) is 16.4. The van der Waals surface area contributed by atoms with Gasteiger partial charge in [-0.2, -0.15) is 0 Å². The van der Waals surface area contributed by atoms with E-state index in [4.69, 9.17) is 0 Å². The fourth-order valence-corrected chi connectivity index (χ4v) is 3.43. The highest BCUT2D eigenvalue weighted by molar-refractivity contribution is 6.10. The Kier molecular flexibility index (Phi) is 4.26. The summed E-state index contributed by atoms with van der Waals surface area (Å²) in [6, 6.07) is 4.98. The zero-order chi connectivity index (χ0) is 17.4. The zero-order valence-electron chi connectivity index (χ0n) is 14.2. The lowest BCUT2D eigenvalue weighted by atomic mass is 9.85. The van der Waals surface area contributed by atoms with Crippen molar-refractivity contribution in [3.63, 3.8) is 0 Å². The van der Waals surface area contributed by atoms with E-state index in [1.165, 1.54) is 0 Å². The fourth-order valence-electron chi connectivity index (χ4n) is 3.43. The number of benzene rings is 1. The van der Waals surface area contributed by atoms with E-state index in [2.05, 4.69) is 5.32 Å². The number of likely N-dealkylation sites (tertiary alicyclic amines) is 1. The van der Waals surface area contributed by atoms with E-state index in [0.717, 1.165) is 16.0 Å². The number of hydrogen-bond donors (Lipinski definition) is 1. The molecule has 0 spiro atoms. The summed E-state index contributed by atoms with van der Waals surface area (Å²) < 4.78 is 0. The molecule has 3 rings (SSSR count). The van der Waals surface area contributed by atoms with E-state index < -0.39 is 6.04 Å². The van der Waals surface area contributed by atoms with Gasteiger partial charge in [0.05, 0.1) is 11.8 Å². The molecule has 0 saturated carbocycles. The van der Waals surface area contributed by atoms with Gasteiger partial charge in [-0.1, -0.05) is 24.3 Å². The fraction of sp³-hybridized carbons (Fsp3) is 0.421. The average molecular weight is 326 g/mol. The summed E-state index contributed by atoms with van der Waals surface area (Å²) in [7, 11) is 0. The molecule has 0 aromatic heterocycles. The number of hydrogen-bond acceptors (Lipinski definition) is 3. The SMILES string of the molecule is Cc1ccc(C)c(NC(=O)[C@H](C)N2C(=O)[C@H]3CC=CC[C@@H]3C2=O)c1. The minimum absolute atomic E-state index is 0.224. The second-order valence-corrected chi connectivity index (χ2v) is 6.69. The second-order valence-electron chi connectivity index (χ2n) is 6.69. The van der Waals surface area contributed by atoms with Crippen LogP contribution in [-0.2, 0) is 14.4 Å². The second kappa shape index (κ2) is 6.23. The van der Waals surface area contributed by atoms with Crippen molar-refractivity contribution < 1.29 is 14.4 Å². The third-order valence-corrected chi connectivity index (χ3v) is 4.96. The topological polar surface area (TPSA) is 66.5 Å². The largest absolute Gasteiger partial charge is 0.324 e. The van der Waals surface area contributed by atoms with Crippen LogP contribution in [0.1, 0.15) is 30.9 Å². The maximum Gasteiger partial charge on any atom is 0.247 e. The molecule has 0 radical (unpaired) electrons. The number of allylic oxidation sites excluding steroid dienone is 2. The molecule has 1 aliphatic carbocycles. The number of carbonyl (C=O) groups is 3. The third kappa shape index (κ3) is 2.75. The zero-order valence-corrected chi connectivity index (χ0v) is 14.2. The number of rotatable bonds is 3. The maximum atomic E-state index is 12.6. The van der Waals surface area contributed by atoms with Crippen molar-refractivity contribution in [3.8, 4) is 0 Å². The number of fused-ring (bicyclic) bond motifs is 1. The van der Waals surface area contributed by atoms with Gasteiger partial charge in [0.25, 0.3) is 0 Å². The van der Waals surface area contributed by atoms with E-state index >= 15 is 0 Å². The highest BCUT2D eigenvalue weighted by Crippen LogP contribution is 2.36. The van der Waals surface area contributed by atoms with Crippen LogP contribution < -0.4 is 5.32 Å². The molecule has 5 nitrogen and oxygen atoms in total. The molecule has 1 aromatic carbocycles. The van der Waals surface area contributed by atoms with Crippen molar-refractivity contribution in [1.82, 2.24) is 4.90 Å². The summed E-state index contributed by atoms with van der Waals surface area (Å²) in [6.45, 7) is 5.47. The van der Waals surface area contributed by atoms with Crippen molar-refractivity contribution in [1.29, 1.82) is 0 Å². The molecule has 1 N–H and O–H groups in total. The summed E-state index contributed by atoms with van der Waals surface area (Å²) >= 11 is 0. The van der Waals surface area contributed by atoms with Crippen LogP contribution in [0.3, 0.4) is 0 Å². The lowest BCUT2D eigenvalue weighted by molar-refractivity contribution is -0.146. The van der Waals surface area contributed by atoms with Crippen LogP contribution in [0, 0.1) is 25.7 Å². The predicted molar refractivity (Wildman–Crippen MR) is 91.2 cm³/mol. The van der Waals surface area contributed by atoms with Crippen molar-refractivity contribution >= 4 is 23.4 Å². The maximum absolute atomic E-state index is 12.6. The van der Waals surface area contributed by atoms with Gasteiger partial charge < -0.3 is 5.32 Å². The number of anilines is 1. The Morgan fingerprint density at radius 3 is 2.29 bits per heavy atom. The molecule has 5 heteroatoms. The smallest absolute Gasteiger partial charge is 0.247 e. The van der Waals surface area contributed by atoms with Gasteiger partial charge in [-0.25, -0.2) is 0 Å². The normalized spacial score (nSPS) is 24.0. The van der Waals surface area contributed by atoms with Crippen molar-refractivity contribution in [2.75, 3.05) is 5.32 Å². The molecular weight excluding hydrogens is 304 g/mol. The summed E-state index contributed by atoms with van der Waals surface area (Å²) in [5.41, 5.74) is 2.69. The van der Waals surface area contributed by atoms with Crippen LogP contribution in [0.5, 0.6) is 0 Å². The summed E-state index contributed by atoms with van der Waals surface area (Å²) in [6.07, 6.45) is 5.04. The molecule has 0 unspecified atom stereocenters. The van der Waals surface area contributed by atoms with Crippen LogP contribution >= 0.6 is 0 Å². The number of aryl methyl sites for hydroxylation is 2. The Labute approximate surface area is 141 Å². The van der Waals surface area contributed by atoms with E-state index in [0.29, 0.717) is 18.5 Å². The molecule has 2 aliphatic rings. The minimum Gasteiger partial charge on any atom is -0.324 e. The molecule has 3 amide bonds. The number of nitrogens with one attached hydrogen (secondary N) is 1. The molecule has 1 heterocycles. The summed E-state index contributed by atoms with van der Waals surface area (Å²) in [4.78, 5) is 38.9. The van der Waals surface area contributed by atoms with Gasteiger partial charge in [-0.3, -0.25) is 19.3 Å². The molecule has 1 saturated heterocycles. The Balaban J connectivity index is 1.77. The van der Waals surface area contributed by atoms with Crippen LogP contribution in [0.2, 0.25) is 0 Å². The minimum atomic E-state index is -0.810. The van der Waals surface area contributed by atoms with E-state index in [1.807, 2.05) is 44.2 Å². The Bertz CT molecular complexity index is 712. The van der Waals surface area contributed by atoms with Crippen LogP contribution in [-0.4, -0.2) is 28.7 Å². The predicted octanol–water partition coefficient (Wildman–Crippen LogP) is 2.58. The van der Waals surface area contributed by atoms with Gasteiger partial charge in [-0.05, 0) is 50.8 Å². The molecule has 1 aromatic rings. The van der Waals surface area contributed by atoms with Gasteiger partial charge in [0.15, 0.2) is 0 Å². The van der Waals surface area contributed by atoms with Crippen molar-refractivity contribution in [2.45, 2.75) is 39.7 Å². The van der Waals surface area contributed by atoms with E-state index in [9.17, 15) is 14.4 Å². The molecule has 24 heavy (non-hydrogen) atoms. The number of amides is 3. The first-order valence-electron chi connectivity index (χ1n) is 8.30. The van der Waals surface area contributed by atoms with Gasteiger partial charge in [-0.15, -0.1) is 0 Å². The average Bonchev–Trinajstić information content (AvgIpc) is 2.82. The number of nitrogens with zero attached hydrogens (tertiary/aromatic N) is 1. The Morgan fingerprint density at radius 1 is 1.12 bits per heavy atom. The standard InChI is InChI=1S/C19H22N2O3/c1-11-8-9-12(2)16(10-11)20-17(22)13(3)21-18(23)14-6-4-5-7-15(14)19(21)24/h4-5,8-10,13-15H,6-7H2,1-3H3,(H,20,22)/t13-,14-,15-/m0/s1. The molecular formula is C19H22N2O3. The monoisotopic (exact) mass is 326 g/mol. The van der Waals surface area contributed by atoms with Crippen LogP contribution in [0.25, 0.3) is 0 Å². The highest BCUT2D eigenvalue weighted by Gasteiger charge is 2.50. The first-order chi connectivity index (χ1) is 11.4. The third-order valence-electron chi connectivity index (χ3n) is 4.96. The molecule has 1 aliphatic heterocycles. The van der Waals surface area contributed by atoms with Crippen LogP contribution in [0.15, 0.2) is 30.4 Å². The lowest BCUT2D eigenvalue weighted by Gasteiger charge is -2.23. The summed E-state index contributed by atoms with van der Waals surface area (Å²) in [5, 5.41) is 2.85.